The van der Waals surface area contributed by atoms with E-state index in [1.165, 1.54) is 11.3 Å². The molecular formula is C16H25FN2. The first-order valence-corrected chi connectivity index (χ1v) is 7.14. The number of nitrogens with one attached hydrogen (secondary N) is 1. The quantitative estimate of drug-likeness (QED) is 0.900. The largest absolute Gasteiger partial charge is 0.370 e. The summed E-state index contributed by atoms with van der Waals surface area (Å²) in [6.07, 6.45) is 0.602. The molecule has 0 fully saturated rings. The number of anilines is 1. The molecule has 0 spiro atoms. The maximum absolute atomic E-state index is 12.5. The van der Waals surface area contributed by atoms with Gasteiger partial charge < -0.3 is 10.2 Å². The Hall–Kier alpha value is -1.09. The zero-order chi connectivity index (χ0) is 13.9. The molecule has 106 valence electrons. The smallest absolute Gasteiger partial charge is 0.0911 e. The molecule has 2 rings (SSSR count). The molecule has 0 radical (unpaired) electrons. The van der Waals surface area contributed by atoms with Crippen molar-refractivity contribution in [3.05, 3.63) is 29.8 Å². The van der Waals surface area contributed by atoms with Gasteiger partial charge in [-0.3, -0.25) is 4.39 Å². The number of hydrogen-bond acceptors (Lipinski definition) is 2. The average Bonchev–Trinajstić information content (AvgIpc) is 2.55. The second-order valence-electron chi connectivity index (χ2n) is 6.42. The van der Waals surface area contributed by atoms with Gasteiger partial charge in [0.05, 0.1) is 6.67 Å². The van der Waals surface area contributed by atoms with Gasteiger partial charge in [-0.2, -0.15) is 0 Å². The fourth-order valence-corrected chi connectivity index (χ4v) is 2.63. The number of para-hydroxylation sites is 1. The summed E-state index contributed by atoms with van der Waals surface area (Å²) in [4.78, 5) is 2.34. The van der Waals surface area contributed by atoms with Crippen LogP contribution in [0.15, 0.2) is 24.3 Å². The van der Waals surface area contributed by atoms with Gasteiger partial charge in [-0.05, 0) is 23.5 Å². The normalized spacial score (nSPS) is 20.0. The number of benzene rings is 1. The lowest BCUT2D eigenvalue weighted by Crippen LogP contribution is -2.46. The Labute approximate surface area is 116 Å². The van der Waals surface area contributed by atoms with Crippen LogP contribution >= 0.6 is 0 Å². The molecule has 0 bridgehead atoms. The molecule has 0 saturated carbocycles. The molecule has 19 heavy (non-hydrogen) atoms. The van der Waals surface area contributed by atoms with Crippen LogP contribution in [0.3, 0.4) is 0 Å². The Kier molecular flexibility index (Phi) is 4.46. The van der Waals surface area contributed by atoms with Gasteiger partial charge in [-0.25, -0.2) is 0 Å². The minimum atomic E-state index is -0.244. The van der Waals surface area contributed by atoms with E-state index in [1.807, 2.05) is 0 Å². The van der Waals surface area contributed by atoms with Crippen molar-refractivity contribution in [2.24, 2.45) is 5.41 Å². The molecular weight excluding hydrogens is 239 g/mol. The maximum Gasteiger partial charge on any atom is 0.0911 e. The number of fused-ring (bicyclic) bond motifs is 1. The second kappa shape index (κ2) is 5.91. The first kappa shape index (κ1) is 14.3. The van der Waals surface area contributed by atoms with E-state index in [0.29, 0.717) is 12.5 Å². The molecule has 1 aliphatic rings. The minimum Gasteiger partial charge on any atom is -0.370 e. The van der Waals surface area contributed by atoms with Gasteiger partial charge >= 0.3 is 0 Å². The highest BCUT2D eigenvalue weighted by molar-refractivity contribution is 5.54. The maximum atomic E-state index is 12.5. The molecule has 0 saturated heterocycles. The van der Waals surface area contributed by atoms with Gasteiger partial charge in [0.15, 0.2) is 0 Å². The predicted octanol–water partition coefficient (Wildman–Crippen LogP) is 3.37. The van der Waals surface area contributed by atoms with E-state index in [4.69, 9.17) is 0 Å². The molecule has 2 nitrogen and oxygen atoms in total. The van der Waals surface area contributed by atoms with Gasteiger partial charge in [-0.1, -0.05) is 39.0 Å². The lowest BCUT2D eigenvalue weighted by atomic mass is 9.86. The van der Waals surface area contributed by atoms with E-state index >= 15 is 0 Å². The van der Waals surface area contributed by atoms with Crippen LogP contribution < -0.4 is 10.2 Å². The van der Waals surface area contributed by atoms with E-state index in [0.717, 1.165) is 19.6 Å². The van der Waals surface area contributed by atoms with Crippen LogP contribution in [0.25, 0.3) is 0 Å². The molecule has 1 aromatic carbocycles. The van der Waals surface area contributed by atoms with E-state index in [9.17, 15) is 4.39 Å². The van der Waals surface area contributed by atoms with E-state index in [2.05, 4.69) is 55.3 Å². The second-order valence-corrected chi connectivity index (χ2v) is 6.42. The summed E-state index contributed by atoms with van der Waals surface area (Å²) in [5.41, 5.74) is 2.78. The van der Waals surface area contributed by atoms with Crippen molar-refractivity contribution in [2.75, 3.05) is 24.7 Å². The van der Waals surface area contributed by atoms with Crippen LogP contribution in [0.4, 0.5) is 10.1 Å². The summed E-state index contributed by atoms with van der Waals surface area (Å²) < 4.78 is 12.5. The van der Waals surface area contributed by atoms with Crippen LogP contribution in [-0.2, 0) is 6.54 Å². The first-order chi connectivity index (χ1) is 9.02. The molecule has 0 aromatic heterocycles. The standard InChI is InChI=1S/C16H25FN2/c1-16(2,3)15-12-19(10-6-9-17)14-8-5-4-7-13(14)11-18-15/h4-5,7-8,15,18H,6,9-12H2,1-3H3. The lowest BCUT2D eigenvalue weighted by Gasteiger charge is -2.34. The average molecular weight is 264 g/mol. The van der Waals surface area contributed by atoms with Crippen molar-refractivity contribution in [3.8, 4) is 0 Å². The van der Waals surface area contributed by atoms with E-state index < -0.39 is 0 Å². The molecule has 1 aromatic rings. The highest BCUT2D eigenvalue weighted by Crippen LogP contribution is 2.28. The van der Waals surface area contributed by atoms with Crippen LogP contribution in [0.5, 0.6) is 0 Å². The summed E-state index contributed by atoms with van der Waals surface area (Å²) in [6.45, 7) is 9.16. The number of alkyl halides is 1. The molecule has 1 N–H and O–H groups in total. The zero-order valence-electron chi connectivity index (χ0n) is 12.2. The van der Waals surface area contributed by atoms with Crippen molar-refractivity contribution in [1.82, 2.24) is 5.32 Å². The highest BCUT2D eigenvalue weighted by Gasteiger charge is 2.29. The number of halogens is 1. The van der Waals surface area contributed by atoms with Crippen LogP contribution in [-0.4, -0.2) is 25.8 Å². The van der Waals surface area contributed by atoms with Crippen molar-refractivity contribution < 1.29 is 4.39 Å². The van der Waals surface area contributed by atoms with E-state index in [1.54, 1.807) is 0 Å². The third kappa shape index (κ3) is 3.47. The first-order valence-electron chi connectivity index (χ1n) is 7.14. The summed E-state index contributed by atoms with van der Waals surface area (Å²) in [5, 5.41) is 3.65. The topological polar surface area (TPSA) is 15.3 Å². The number of hydrogen-bond donors (Lipinski definition) is 1. The van der Waals surface area contributed by atoms with Gasteiger partial charge in [0.25, 0.3) is 0 Å². The van der Waals surface area contributed by atoms with Gasteiger partial charge in [0, 0.05) is 31.4 Å². The molecule has 1 heterocycles. The molecule has 1 atom stereocenters. The van der Waals surface area contributed by atoms with Crippen molar-refractivity contribution in [2.45, 2.75) is 39.8 Å². The van der Waals surface area contributed by atoms with Crippen LogP contribution in [0.2, 0.25) is 0 Å². The Bertz CT molecular complexity index is 411. The fraction of sp³-hybridized carbons (Fsp3) is 0.625. The summed E-state index contributed by atoms with van der Waals surface area (Å²) >= 11 is 0. The Morgan fingerprint density at radius 2 is 2.05 bits per heavy atom. The zero-order valence-corrected chi connectivity index (χ0v) is 12.2. The van der Waals surface area contributed by atoms with Crippen LogP contribution in [0.1, 0.15) is 32.8 Å². The summed E-state index contributed by atoms with van der Waals surface area (Å²) in [6, 6.07) is 8.87. The molecule has 0 aliphatic carbocycles. The molecule has 3 heteroatoms. The SMILES string of the molecule is CC(C)(C)C1CN(CCCF)c2ccccc2CN1. The molecule has 0 amide bonds. The van der Waals surface area contributed by atoms with Gasteiger partial charge in [0.2, 0.25) is 0 Å². The van der Waals surface area contributed by atoms with Gasteiger partial charge in [-0.15, -0.1) is 0 Å². The lowest BCUT2D eigenvalue weighted by molar-refractivity contribution is 0.271. The predicted molar refractivity (Wildman–Crippen MR) is 79.3 cm³/mol. The molecule has 1 aliphatic heterocycles. The molecule has 1 unspecified atom stereocenters. The summed E-state index contributed by atoms with van der Waals surface area (Å²) in [7, 11) is 0. The number of rotatable bonds is 3. The highest BCUT2D eigenvalue weighted by atomic mass is 19.1. The summed E-state index contributed by atoms with van der Waals surface area (Å²) in [5.74, 6) is 0. The van der Waals surface area contributed by atoms with Crippen molar-refractivity contribution in [3.63, 3.8) is 0 Å². The Morgan fingerprint density at radius 3 is 2.74 bits per heavy atom. The van der Waals surface area contributed by atoms with Crippen molar-refractivity contribution >= 4 is 5.69 Å². The monoisotopic (exact) mass is 264 g/mol. The van der Waals surface area contributed by atoms with Crippen molar-refractivity contribution in [1.29, 1.82) is 0 Å². The third-order valence-corrected chi connectivity index (χ3v) is 3.88. The Morgan fingerprint density at radius 1 is 1.32 bits per heavy atom. The van der Waals surface area contributed by atoms with Gasteiger partial charge in [0.1, 0.15) is 0 Å². The minimum absolute atomic E-state index is 0.204. The fourth-order valence-electron chi connectivity index (χ4n) is 2.63. The Balaban J connectivity index is 2.24. The number of nitrogens with zero attached hydrogens (tertiary/aromatic N) is 1. The third-order valence-electron chi connectivity index (χ3n) is 3.88. The van der Waals surface area contributed by atoms with Crippen LogP contribution in [0, 0.1) is 5.41 Å². The van der Waals surface area contributed by atoms with E-state index in [-0.39, 0.29) is 12.1 Å².